The van der Waals surface area contributed by atoms with Gasteiger partial charge in [-0.2, -0.15) is 5.26 Å². The molecular formula is C23H23N5O2S2. The fraction of sp³-hybridized carbons (Fsp3) is 0.304. The van der Waals surface area contributed by atoms with Crippen molar-refractivity contribution in [2.45, 2.75) is 6.92 Å². The lowest BCUT2D eigenvalue weighted by Gasteiger charge is -2.38. The van der Waals surface area contributed by atoms with E-state index < -0.39 is 0 Å². The summed E-state index contributed by atoms with van der Waals surface area (Å²) in [5.41, 5.74) is 2.23. The standard InChI is InChI=1S/C23H23N5O2S2/c1-15-17(13-19-22(30)26(3)23(31)32-19)20(25(2)21(29)18(15)14-24)28-11-9-27(10-12-28)16-7-5-4-6-8-16/h4-8,13H,9-12H2,1-3H3. The molecule has 2 aromatic rings. The van der Waals surface area contributed by atoms with Crippen LogP contribution in [0.1, 0.15) is 16.7 Å². The highest BCUT2D eigenvalue weighted by Gasteiger charge is 2.31. The van der Waals surface area contributed by atoms with Gasteiger partial charge >= 0.3 is 0 Å². The molecule has 7 nitrogen and oxygen atoms in total. The second-order valence-electron chi connectivity index (χ2n) is 7.76. The lowest BCUT2D eigenvalue weighted by molar-refractivity contribution is -0.121. The Kier molecular flexibility index (Phi) is 6.09. The van der Waals surface area contributed by atoms with Gasteiger partial charge in [0.05, 0.1) is 4.91 Å². The maximum atomic E-state index is 12.9. The van der Waals surface area contributed by atoms with Crippen molar-refractivity contribution in [2.75, 3.05) is 43.0 Å². The van der Waals surface area contributed by atoms with Crippen LogP contribution in [-0.4, -0.2) is 52.9 Å². The highest BCUT2D eigenvalue weighted by Crippen LogP contribution is 2.35. The molecule has 1 amide bonds. The first-order valence-corrected chi connectivity index (χ1v) is 11.5. The molecule has 0 bridgehead atoms. The fourth-order valence-corrected chi connectivity index (χ4v) is 5.25. The van der Waals surface area contributed by atoms with Crippen molar-refractivity contribution in [1.29, 1.82) is 5.26 Å². The lowest BCUT2D eigenvalue weighted by atomic mass is 10.0. The van der Waals surface area contributed by atoms with Crippen LogP contribution in [0.4, 0.5) is 11.5 Å². The second-order valence-corrected chi connectivity index (χ2v) is 9.44. The Morgan fingerprint density at radius 3 is 2.25 bits per heavy atom. The number of rotatable bonds is 3. The summed E-state index contributed by atoms with van der Waals surface area (Å²) in [5.74, 6) is 0.548. The van der Waals surface area contributed by atoms with E-state index in [0.717, 1.165) is 18.9 Å². The van der Waals surface area contributed by atoms with Gasteiger partial charge in [-0.05, 0) is 30.7 Å². The second kappa shape index (κ2) is 8.81. The van der Waals surface area contributed by atoms with Gasteiger partial charge in [-0.3, -0.25) is 19.1 Å². The number of pyridine rings is 1. The maximum Gasteiger partial charge on any atom is 0.270 e. The molecule has 2 saturated heterocycles. The van der Waals surface area contributed by atoms with Gasteiger partial charge in [-0.25, -0.2) is 0 Å². The molecule has 3 heterocycles. The molecule has 2 aliphatic rings. The highest BCUT2D eigenvalue weighted by molar-refractivity contribution is 8.26. The van der Waals surface area contributed by atoms with Crippen LogP contribution in [0.5, 0.6) is 0 Å². The number of aromatic nitrogens is 1. The number of benzene rings is 1. The van der Waals surface area contributed by atoms with E-state index in [0.29, 0.717) is 33.4 Å². The largest absolute Gasteiger partial charge is 0.368 e. The number of thiocarbonyl (C=S) groups is 1. The molecule has 0 aliphatic carbocycles. The first-order valence-electron chi connectivity index (χ1n) is 10.2. The zero-order valence-electron chi connectivity index (χ0n) is 18.2. The molecule has 9 heteroatoms. The molecule has 0 atom stereocenters. The van der Waals surface area contributed by atoms with Crippen molar-refractivity contribution < 1.29 is 4.79 Å². The number of amides is 1. The molecule has 1 aromatic carbocycles. The van der Waals surface area contributed by atoms with Gasteiger partial charge in [0.1, 0.15) is 21.8 Å². The van der Waals surface area contributed by atoms with E-state index in [1.54, 1.807) is 27.1 Å². The van der Waals surface area contributed by atoms with Crippen LogP contribution in [0.3, 0.4) is 0 Å². The average Bonchev–Trinajstić information content (AvgIpc) is 3.05. The summed E-state index contributed by atoms with van der Waals surface area (Å²) in [4.78, 5) is 31.9. The van der Waals surface area contributed by atoms with Gasteiger partial charge in [0, 0.05) is 51.5 Å². The van der Waals surface area contributed by atoms with E-state index in [4.69, 9.17) is 12.2 Å². The van der Waals surface area contributed by atoms with Crippen molar-refractivity contribution >= 4 is 51.8 Å². The monoisotopic (exact) mass is 465 g/mol. The molecule has 164 valence electrons. The summed E-state index contributed by atoms with van der Waals surface area (Å²) >= 11 is 6.49. The molecule has 0 spiro atoms. The Labute approximate surface area is 196 Å². The third-order valence-corrected chi connectivity index (χ3v) is 7.42. The molecule has 0 unspecified atom stereocenters. The average molecular weight is 466 g/mol. The van der Waals surface area contributed by atoms with E-state index in [2.05, 4.69) is 21.9 Å². The minimum absolute atomic E-state index is 0.0948. The third kappa shape index (κ3) is 3.80. The summed E-state index contributed by atoms with van der Waals surface area (Å²) in [6.45, 7) is 4.79. The van der Waals surface area contributed by atoms with Crippen molar-refractivity contribution in [3.8, 4) is 6.07 Å². The van der Waals surface area contributed by atoms with Crippen molar-refractivity contribution in [3.63, 3.8) is 0 Å². The van der Waals surface area contributed by atoms with E-state index in [9.17, 15) is 14.9 Å². The molecule has 4 rings (SSSR count). The molecule has 0 saturated carbocycles. The van der Waals surface area contributed by atoms with Crippen molar-refractivity contribution in [1.82, 2.24) is 9.47 Å². The van der Waals surface area contributed by atoms with Crippen LogP contribution in [0.15, 0.2) is 40.0 Å². The first-order chi connectivity index (χ1) is 15.3. The van der Waals surface area contributed by atoms with Gasteiger partial charge in [0.15, 0.2) is 0 Å². The van der Waals surface area contributed by atoms with E-state index >= 15 is 0 Å². The molecular weight excluding hydrogens is 442 g/mol. The minimum Gasteiger partial charge on any atom is -0.368 e. The predicted molar refractivity (Wildman–Crippen MR) is 133 cm³/mol. The quantitative estimate of drug-likeness (QED) is 0.510. The smallest absolute Gasteiger partial charge is 0.270 e. The summed E-state index contributed by atoms with van der Waals surface area (Å²) in [6, 6.07) is 12.3. The van der Waals surface area contributed by atoms with Crippen molar-refractivity contribution in [2.24, 2.45) is 7.05 Å². The number of para-hydroxylation sites is 1. The Morgan fingerprint density at radius 1 is 1.06 bits per heavy atom. The van der Waals surface area contributed by atoms with E-state index in [1.165, 1.54) is 26.9 Å². The van der Waals surface area contributed by atoms with Gasteiger partial charge < -0.3 is 9.80 Å². The number of thioether (sulfide) groups is 1. The number of nitrogens with zero attached hydrogens (tertiary/aromatic N) is 5. The first kappa shape index (κ1) is 22.1. The van der Waals surface area contributed by atoms with Gasteiger partial charge in [-0.1, -0.05) is 42.2 Å². The maximum absolute atomic E-state index is 12.9. The Hall–Kier alpha value is -3.09. The number of carbonyl (C=O) groups is 1. The summed E-state index contributed by atoms with van der Waals surface area (Å²) in [7, 11) is 3.33. The molecule has 0 N–H and O–H groups in total. The Morgan fingerprint density at radius 2 is 1.69 bits per heavy atom. The van der Waals surface area contributed by atoms with E-state index in [-0.39, 0.29) is 17.0 Å². The van der Waals surface area contributed by atoms with Crippen LogP contribution in [-0.2, 0) is 11.8 Å². The Balaban J connectivity index is 1.76. The number of nitriles is 1. The third-order valence-electron chi connectivity index (χ3n) is 5.93. The number of carbonyl (C=O) groups excluding carboxylic acids is 1. The van der Waals surface area contributed by atoms with E-state index in [1.807, 2.05) is 24.3 Å². The molecule has 1 aromatic heterocycles. The number of piperazine rings is 1. The van der Waals surface area contributed by atoms with Crippen LogP contribution in [0.2, 0.25) is 0 Å². The molecule has 32 heavy (non-hydrogen) atoms. The van der Waals surface area contributed by atoms with Crippen LogP contribution >= 0.6 is 24.0 Å². The minimum atomic E-state index is -0.328. The number of anilines is 2. The molecule has 2 fully saturated rings. The van der Waals surface area contributed by atoms with Crippen molar-refractivity contribution in [3.05, 3.63) is 62.3 Å². The van der Waals surface area contributed by atoms with Gasteiger partial charge in [0.25, 0.3) is 11.5 Å². The van der Waals surface area contributed by atoms with Crippen LogP contribution in [0, 0.1) is 18.3 Å². The number of likely N-dealkylation sites (N-methyl/N-ethyl adjacent to an activating group) is 1. The zero-order valence-corrected chi connectivity index (χ0v) is 19.8. The fourth-order valence-electron chi connectivity index (χ4n) is 4.09. The Bertz CT molecular complexity index is 1220. The molecule has 2 aliphatic heterocycles. The van der Waals surface area contributed by atoms with Gasteiger partial charge in [-0.15, -0.1) is 0 Å². The molecule has 0 radical (unpaired) electrons. The number of hydrogen-bond acceptors (Lipinski definition) is 7. The number of hydrogen-bond donors (Lipinski definition) is 0. The topological polar surface area (TPSA) is 72.6 Å². The SMILES string of the molecule is Cc1c(C=C2SC(=S)N(C)C2=O)c(N2CCN(c3ccccc3)CC2)n(C)c(=O)c1C#N. The predicted octanol–water partition coefficient (Wildman–Crippen LogP) is 2.72. The summed E-state index contributed by atoms with van der Waals surface area (Å²) < 4.78 is 2.02. The zero-order chi connectivity index (χ0) is 23.0. The summed E-state index contributed by atoms with van der Waals surface area (Å²) in [6.07, 6.45) is 1.78. The summed E-state index contributed by atoms with van der Waals surface area (Å²) in [5, 5.41) is 9.60. The lowest BCUT2D eigenvalue weighted by Crippen LogP contribution is -2.48. The normalized spacial score (nSPS) is 17.9. The highest BCUT2D eigenvalue weighted by atomic mass is 32.2. The van der Waals surface area contributed by atoms with Gasteiger partial charge in [0.2, 0.25) is 0 Å². The van der Waals surface area contributed by atoms with Crippen LogP contribution < -0.4 is 15.4 Å². The van der Waals surface area contributed by atoms with Crippen LogP contribution in [0.25, 0.3) is 6.08 Å².